The Kier molecular flexibility index (Phi) is 6.85. The van der Waals surface area contributed by atoms with Crippen LogP contribution in [-0.4, -0.2) is 25.8 Å². The van der Waals surface area contributed by atoms with Crippen molar-refractivity contribution in [1.29, 1.82) is 5.41 Å². The number of carbonyl (C=O) groups excluding carboxylic acids is 1. The van der Waals surface area contributed by atoms with Crippen LogP contribution in [0.4, 0.5) is 10.5 Å². The quantitative estimate of drug-likeness (QED) is 0.268. The van der Waals surface area contributed by atoms with Crippen molar-refractivity contribution >= 4 is 27.6 Å². The van der Waals surface area contributed by atoms with Crippen molar-refractivity contribution in [3.05, 3.63) is 83.9 Å². The van der Waals surface area contributed by atoms with Crippen molar-refractivity contribution in [3.63, 3.8) is 0 Å². The fourth-order valence-electron chi connectivity index (χ4n) is 3.56. The number of anilines is 1. The van der Waals surface area contributed by atoms with Crippen LogP contribution >= 0.6 is 0 Å². The van der Waals surface area contributed by atoms with Gasteiger partial charge in [0, 0.05) is 22.4 Å². The Labute approximate surface area is 193 Å². The number of urea groups is 1. The highest BCUT2D eigenvalue weighted by Gasteiger charge is 2.21. The SMILES string of the molecule is CC(C)(Cc1cccc(C(=N)N)c1)NC(=O)Nc1ccc(-c2ccccc2S(N)(=O)=O)cc1. The number of nitrogens with two attached hydrogens (primary N) is 2. The normalized spacial score (nSPS) is 11.6. The molecule has 0 radical (unpaired) electrons. The minimum absolute atomic E-state index is 0.00418. The van der Waals surface area contributed by atoms with E-state index < -0.39 is 15.6 Å². The molecule has 3 aromatic rings. The molecule has 0 aliphatic rings. The number of rotatable bonds is 7. The molecule has 0 aliphatic carbocycles. The lowest BCUT2D eigenvalue weighted by Gasteiger charge is -2.27. The van der Waals surface area contributed by atoms with Crippen molar-refractivity contribution in [2.24, 2.45) is 10.9 Å². The van der Waals surface area contributed by atoms with Gasteiger partial charge >= 0.3 is 6.03 Å². The largest absolute Gasteiger partial charge is 0.384 e. The smallest absolute Gasteiger partial charge is 0.319 e. The van der Waals surface area contributed by atoms with Gasteiger partial charge in [-0.1, -0.05) is 48.5 Å². The summed E-state index contributed by atoms with van der Waals surface area (Å²) in [6.07, 6.45) is 0.546. The van der Waals surface area contributed by atoms with Crippen LogP contribution in [0.2, 0.25) is 0 Å². The molecule has 0 fully saturated rings. The number of nitrogen functional groups attached to an aromatic ring is 1. The molecule has 0 atom stereocenters. The fraction of sp³-hybridized carbons (Fsp3) is 0.167. The van der Waals surface area contributed by atoms with Crippen LogP contribution in [0.5, 0.6) is 0 Å². The van der Waals surface area contributed by atoms with E-state index >= 15 is 0 Å². The molecule has 0 saturated heterocycles. The summed E-state index contributed by atoms with van der Waals surface area (Å²) in [6, 6.07) is 20.3. The zero-order chi connectivity index (χ0) is 24.2. The third-order valence-electron chi connectivity index (χ3n) is 4.98. The highest BCUT2D eigenvalue weighted by atomic mass is 32.2. The van der Waals surface area contributed by atoms with E-state index in [-0.39, 0.29) is 16.8 Å². The predicted molar refractivity (Wildman–Crippen MR) is 131 cm³/mol. The van der Waals surface area contributed by atoms with Gasteiger partial charge in [-0.25, -0.2) is 18.4 Å². The first-order chi connectivity index (χ1) is 15.4. The number of hydrogen-bond acceptors (Lipinski definition) is 4. The Morgan fingerprint density at radius 1 is 1.00 bits per heavy atom. The van der Waals surface area contributed by atoms with E-state index in [1.54, 1.807) is 48.5 Å². The molecule has 7 N–H and O–H groups in total. The number of benzene rings is 3. The van der Waals surface area contributed by atoms with Crippen molar-refractivity contribution in [2.75, 3.05) is 5.32 Å². The van der Waals surface area contributed by atoms with E-state index in [0.717, 1.165) is 5.56 Å². The monoisotopic (exact) mass is 465 g/mol. The molecule has 0 aliphatic heterocycles. The first-order valence-corrected chi connectivity index (χ1v) is 11.7. The van der Waals surface area contributed by atoms with Crippen molar-refractivity contribution in [2.45, 2.75) is 30.7 Å². The zero-order valence-electron chi connectivity index (χ0n) is 18.4. The number of hydrogen-bond donors (Lipinski definition) is 5. The number of carbonyl (C=O) groups is 1. The maximum Gasteiger partial charge on any atom is 0.319 e. The molecule has 3 aromatic carbocycles. The van der Waals surface area contributed by atoms with Crippen LogP contribution in [0.25, 0.3) is 11.1 Å². The van der Waals surface area contributed by atoms with Crippen molar-refractivity contribution in [3.8, 4) is 11.1 Å². The summed E-state index contributed by atoms with van der Waals surface area (Å²) in [5.41, 5.74) is 8.29. The van der Waals surface area contributed by atoms with Gasteiger partial charge in [0.15, 0.2) is 0 Å². The average Bonchev–Trinajstić information content (AvgIpc) is 2.73. The third kappa shape index (κ3) is 6.41. The lowest BCUT2D eigenvalue weighted by Crippen LogP contribution is -2.47. The molecule has 0 heterocycles. The summed E-state index contributed by atoms with van der Waals surface area (Å²) in [7, 11) is -3.86. The highest BCUT2D eigenvalue weighted by Crippen LogP contribution is 2.27. The topological polar surface area (TPSA) is 151 Å². The van der Waals surface area contributed by atoms with Gasteiger partial charge in [-0.2, -0.15) is 0 Å². The lowest BCUT2D eigenvalue weighted by atomic mass is 9.94. The molecule has 0 saturated carbocycles. The molecule has 3 rings (SSSR count). The molecule has 0 spiro atoms. The van der Waals surface area contributed by atoms with Crippen LogP contribution in [-0.2, 0) is 16.4 Å². The minimum atomic E-state index is -3.86. The highest BCUT2D eigenvalue weighted by molar-refractivity contribution is 7.89. The fourth-order valence-corrected chi connectivity index (χ4v) is 4.32. The number of sulfonamides is 1. The van der Waals surface area contributed by atoms with Gasteiger partial charge in [0.2, 0.25) is 10.0 Å². The molecular weight excluding hydrogens is 438 g/mol. The van der Waals surface area contributed by atoms with Gasteiger partial charge in [0.1, 0.15) is 5.84 Å². The summed E-state index contributed by atoms with van der Waals surface area (Å²) < 4.78 is 23.7. The summed E-state index contributed by atoms with van der Waals surface area (Å²) in [5.74, 6) is -0.00418. The molecule has 2 amide bonds. The second kappa shape index (κ2) is 9.43. The van der Waals surface area contributed by atoms with Gasteiger partial charge in [0.05, 0.1) is 4.90 Å². The Hall–Kier alpha value is -3.69. The van der Waals surface area contributed by atoms with Crippen LogP contribution < -0.4 is 21.5 Å². The van der Waals surface area contributed by atoms with E-state index in [2.05, 4.69) is 10.6 Å². The van der Waals surface area contributed by atoms with Crippen molar-refractivity contribution < 1.29 is 13.2 Å². The van der Waals surface area contributed by atoms with E-state index in [1.807, 2.05) is 32.0 Å². The molecule has 8 nitrogen and oxygen atoms in total. The molecule has 9 heteroatoms. The van der Waals surface area contributed by atoms with Crippen LogP contribution in [0.15, 0.2) is 77.7 Å². The summed E-state index contributed by atoms with van der Waals surface area (Å²) in [4.78, 5) is 12.6. The summed E-state index contributed by atoms with van der Waals surface area (Å²) in [5, 5.41) is 18.6. The van der Waals surface area contributed by atoms with E-state index in [4.69, 9.17) is 16.3 Å². The third-order valence-corrected chi connectivity index (χ3v) is 5.95. The van der Waals surface area contributed by atoms with Gasteiger partial charge < -0.3 is 16.4 Å². The van der Waals surface area contributed by atoms with Gasteiger partial charge in [0.25, 0.3) is 0 Å². The Balaban J connectivity index is 1.68. The average molecular weight is 466 g/mol. The van der Waals surface area contributed by atoms with Crippen LogP contribution in [0.3, 0.4) is 0 Å². The van der Waals surface area contributed by atoms with Crippen molar-refractivity contribution in [1.82, 2.24) is 5.32 Å². The molecule has 0 bridgehead atoms. The maximum atomic E-state index is 12.6. The molecule has 0 aromatic heterocycles. The summed E-state index contributed by atoms with van der Waals surface area (Å²) >= 11 is 0. The second-order valence-corrected chi connectivity index (χ2v) is 9.90. The van der Waals surface area contributed by atoms with Crippen LogP contribution in [0, 0.1) is 5.41 Å². The maximum absolute atomic E-state index is 12.6. The number of amidine groups is 1. The van der Waals surface area contributed by atoms with Crippen LogP contribution in [0.1, 0.15) is 25.0 Å². The predicted octanol–water partition coefficient (Wildman–Crippen LogP) is 3.43. The van der Waals surface area contributed by atoms with E-state index in [0.29, 0.717) is 28.8 Å². The second-order valence-electron chi connectivity index (χ2n) is 8.37. The van der Waals surface area contributed by atoms with E-state index in [9.17, 15) is 13.2 Å². The first-order valence-electron chi connectivity index (χ1n) is 10.2. The Bertz CT molecular complexity index is 1290. The number of primary sulfonamides is 1. The molecule has 33 heavy (non-hydrogen) atoms. The molecule has 172 valence electrons. The standard InChI is InChI=1S/C24H27N5O3S/c1-24(2,15-16-6-5-7-18(14-16)22(25)26)29-23(30)28-19-12-10-17(11-13-19)20-8-3-4-9-21(20)33(27,31)32/h3-14H,15H2,1-2H3,(H3,25,26)(H2,27,31,32)(H2,28,29,30). The Morgan fingerprint density at radius 3 is 2.30 bits per heavy atom. The molecule has 0 unspecified atom stereocenters. The molecular formula is C24H27N5O3S. The first kappa shape index (κ1) is 24.0. The van der Waals surface area contributed by atoms with Gasteiger partial charge in [-0.3, -0.25) is 5.41 Å². The number of nitrogens with one attached hydrogen (secondary N) is 3. The lowest BCUT2D eigenvalue weighted by molar-refractivity contribution is 0.241. The Morgan fingerprint density at radius 2 is 1.67 bits per heavy atom. The zero-order valence-corrected chi connectivity index (χ0v) is 19.2. The van der Waals surface area contributed by atoms with E-state index in [1.165, 1.54) is 6.07 Å². The minimum Gasteiger partial charge on any atom is -0.384 e. The number of amides is 2. The van der Waals surface area contributed by atoms with Gasteiger partial charge in [-0.15, -0.1) is 0 Å². The summed E-state index contributed by atoms with van der Waals surface area (Å²) in [6.45, 7) is 3.81. The van der Waals surface area contributed by atoms with Gasteiger partial charge in [-0.05, 0) is 55.7 Å².